The molecule has 2 aromatic rings. The van der Waals surface area contributed by atoms with Gasteiger partial charge in [0.25, 0.3) is 0 Å². The van der Waals surface area contributed by atoms with E-state index in [0.29, 0.717) is 12.1 Å². The maximum Gasteiger partial charge on any atom is 0.104 e. The third-order valence-electron chi connectivity index (χ3n) is 2.52. The molecule has 0 radical (unpaired) electrons. The van der Waals surface area contributed by atoms with Gasteiger partial charge in [0, 0.05) is 24.5 Å². The van der Waals surface area contributed by atoms with E-state index < -0.39 is 6.10 Å². The van der Waals surface area contributed by atoms with Crippen molar-refractivity contribution < 1.29 is 5.11 Å². The Morgan fingerprint density at radius 3 is 2.75 bits per heavy atom. The van der Waals surface area contributed by atoms with E-state index in [1.807, 2.05) is 33.2 Å². The molecule has 0 aliphatic heterocycles. The zero-order valence-corrected chi connectivity index (χ0v) is 10.5. The van der Waals surface area contributed by atoms with Gasteiger partial charge in [0.05, 0.1) is 16.4 Å². The highest BCUT2D eigenvalue weighted by Crippen LogP contribution is 2.22. The first-order valence-electron chi connectivity index (χ1n) is 5.17. The maximum atomic E-state index is 9.98. The normalized spacial score (nSPS) is 13.0. The van der Waals surface area contributed by atoms with E-state index in [-0.39, 0.29) is 0 Å². The lowest BCUT2D eigenvalue weighted by Crippen LogP contribution is -2.03. The van der Waals surface area contributed by atoms with Gasteiger partial charge >= 0.3 is 0 Å². The number of aliphatic hydroxyl groups is 1. The molecular weight excluding hydrogens is 222 g/mol. The van der Waals surface area contributed by atoms with Gasteiger partial charge in [-0.2, -0.15) is 5.10 Å². The summed E-state index contributed by atoms with van der Waals surface area (Å²) in [5, 5.41) is 15.1. The minimum Gasteiger partial charge on any atom is -0.386 e. The molecule has 1 atom stereocenters. The highest BCUT2D eigenvalue weighted by molar-refractivity contribution is 7.11. The number of rotatable bonds is 3. The molecule has 0 bridgehead atoms. The van der Waals surface area contributed by atoms with E-state index in [0.717, 1.165) is 10.7 Å². The van der Waals surface area contributed by atoms with Crippen LogP contribution in [0.2, 0.25) is 0 Å². The fourth-order valence-electron chi connectivity index (χ4n) is 1.51. The molecule has 5 heteroatoms. The van der Waals surface area contributed by atoms with E-state index in [1.165, 1.54) is 4.88 Å². The van der Waals surface area contributed by atoms with Gasteiger partial charge in [0.1, 0.15) is 6.10 Å². The Kier molecular flexibility index (Phi) is 3.07. The van der Waals surface area contributed by atoms with E-state index in [4.69, 9.17) is 0 Å². The number of aliphatic hydroxyl groups excluding tert-OH is 1. The first-order chi connectivity index (χ1) is 7.56. The van der Waals surface area contributed by atoms with Crippen molar-refractivity contribution in [1.29, 1.82) is 0 Å². The Morgan fingerprint density at radius 2 is 2.25 bits per heavy atom. The molecule has 16 heavy (non-hydrogen) atoms. The first kappa shape index (κ1) is 11.3. The largest absolute Gasteiger partial charge is 0.386 e. The van der Waals surface area contributed by atoms with Crippen molar-refractivity contribution in [2.24, 2.45) is 7.05 Å². The van der Waals surface area contributed by atoms with Gasteiger partial charge in [0.2, 0.25) is 0 Å². The number of thiazole rings is 1. The average Bonchev–Trinajstić information content (AvgIpc) is 2.75. The van der Waals surface area contributed by atoms with Gasteiger partial charge in [-0.25, -0.2) is 4.98 Å². The van der Waals surface area contributed by atoms with E-state index >= 15 is 0 Å². The molecule has 0 saturated carbocycles. The third kappa shape index (κ3) is 2.31. The molecule has 2 heterocycles. The Bertz CT molecular complexity index is 470. The highest BCUT2D eigenvalue weighted by atomic mass is 32.1. The molecular formula is C11H15N3OS. The van der Waals surface area contributed by atoms with Crippen molar-refractivity contribution in [3.8, 4) is 0 Å². The first-order valence-corrected chi connectivity index (χ1v) is 5.98. The van der Waals surface area contributed by atoms with Crippen LogP contribution >= 0.6 is 11.3 Å². The average molecular weight is 237 g/mol. The van der Waals surface area contributed by atoms with Crippen molar-refractivity contribution in [3.05, 3.63) is 33.5 Å². The van der Waals surface area contributed by atoms with E-state index in [2.05, 4.69) is 10.1 Å². The number of aryl methyl sites for hydroxylation is 3. The number of aromatic nitrogens is 3. The lowest BCUT2D eigenvalue weighted by molar-refractivity contribution is 0.172. The Balaban J connectivity index is 2.10. The van der Waals surface area contributed by atoms with Gasteiger partial charge in [-0.1, -0.05) is 0 Å². The van der Waals surface area contributed by atoms with E-state index in [9.17, 15) is 5.11 Å². The molecule has 2 rings (SSSR count). The van der Waals surface area contributed by atoms with Crippen molar-refractivity contribution in [2.75, 3.05) is 0 Å². The summed E-state index contributed by atoms with van der Waals surface area (Å²) in [7, 11) is 1.84. The van der Waals surface area contributed by atoms with Crippen LogP contribution in [0.25, 0.3) is 0 Å². The standard InChI is InChI=1S/C11H15N3OS/c1-7-8(2)16-11(12-7)6-10(15)9-4-5-14(3)13-9/h4-5,10,15H,6H2,1-3H3. The lowest BCUT2D eigenvalue weighted by Gasteiger charge is -2.04. The molecule has 0 spiro atoms. The number of hydrogen-bond acceptors (Lipinski definition) is 4. The topological polar surface area (TPSA) is 50.9 Å². The van der Waals surface area contributed by atoms with Crippen molar-refractivity contribution >= 4 is 11.3 Å². The molecule has 1 N–H and O–H groups in total. The zero-order chi connectivity index (χ0) is 11.7. The minimum atomic E-state index is -0.564. The smallest absolute Gasteiger partial charge is 0.104 e. The quantitative estimate of drug-likeness (QED) is 0.885. The summed E-state index contributed by atoms with van der Waals surface area (Å²) < 4.78 is 1.69. The predicted octanol–water partition coefficient (Wildman–Crippen LogP) is 1.77. The summed E-state index contributed by atoms with van der Waals surface area (Å²) in [6.07, 6.45) is 1.80. The fraction of sp³-hybridized carbons (Fsp3) is 0.455. The zero-order valence-electron chi connectivity index (χ0n) is 9.64. The van der Waals surface area contributed by atoms with Crippen molar-refractivity contribution in [3.63, 3.8) is 0 Å². The Morgan fingerprint density at radius 1 is 1.50 bits per heavy atom. The minimum absolute atomic E-state index is 0.538. The maximum absolute atomic E-state index is 9.98. The van der Waals surface area contributed by atoms with Crippen LogP contribution in [0, 0.1) is 13.8 Å². The summed E-state index contributed by atoms with van der Waals surface area (Å²) in [5.41, 5.74) is 1.75. The van der Waals surface area contributed by atoms with Crippen LogP contribution in [0.4, 0.5) is 0 Å². The summed E-state index contributed by atoms with van der Waals surface area (Å²) in [5.74, 6) is 0. The second-order valence-electron chi connectivity index (χ2n) is 3.88. The fourth-order valence-corrected chi connectivity index (χ4v) is 2.48. The van der Waals surface area contributed by atoms with Crippen molar-refractivity contribution in [1.82, 2.24) is 14.8 Å². The van der Waals surface area contributed by atoms with Crippen LogP contribution in [-0.4, -0.2) is 19.9 Å². The Labute approximate surface area is 98.6 Å². The molecule has 86 valence electrons. The van der Waals surface area contributed by atoms with Gasteiger partial charge in [0.15, 0.2) is 0 Å². The van der Waals surface area contributed by atoms with E-state index in [1.54, 1.807) is 16.0 Å². The molecule has 2 aromatic heterocycles. The second kappa shape index (κ2) is 4.35. The molecule has 0 saturated heterocycles. The third-order valence-corrected chi connectivity index (χ3v) is 3.61. The predicted molar refractivity (Wildman–Crippen MR) is 63.5 cm³/mol. The number of nitrogens with zero attached hydrogens (tertiary/aromatic N) is 3. The second-order valence-corrected chi connectivity index (χ2v) is 5.17. The monoisotopic (exact) mass is 237 g/mol. The van der Waals surface area contributed by atoms with Crippen LogP contribution in [0.1, 0.15) is 27.4 Å². The van der Waals surface area contributed by atoms with Crippen LogP contribution in [0.15, 0.2) is 12.3 Å². The molecule has 0 aromatic carbocycles. The summed E-state index contributed by atoms with van der Waals surface area (Å²) >= 11 is 1.64. The SMILES string of the molecule is Cc1nc(CC(O)c2ccn(C)n2)sc1C. The van der Waals surface area contributed by atoms with Crippen LogP contribution in [0.3, 0.4) is 0 Å². The molecule has 1 unspecified atom stereocenters. The molecule has 0 fully saturated rings. The van der Waals surface area contributed by atoms with Crippen LogP contribution < -0.4 is 0 Å². The van der Waals surface area contributed by atoms with Crippen LogP contribution in [0.5, 0.6) is 0 Å². The van der Waals surface area contributed by atoms with Crippen molar-refractivity contribution in [2.45, 2.75) is 26.4 Å². The molecule has 0 aliphatic carbocycles. The number of hydrogen-bond donors (Lipinski definition) is 1. The van der Waals surface area contributed by atoms with Gasteiger partial charge in [-0.15, -0.1) is 11.3 Å². The van der Waals surface area contributed by atoms with Crippen LogP contribution in [-0.2, 0) is 13.5 Å². The van der Waals surface area contributed by atoms with Gasteiger partial charge in [-0.05, 0) is 19.9 Å². The molecule has 0 amide bonds. The van der Waals surface area contributed by atoms with Gasteiger partial charge in [-0.3, -0.25) is 4.68 Å². The Hall–Kier alpha value is -1.20. The molecule has 0 aliphatic rings. The highest BCUT2D eigenvalue weighted by Gasteiger charge is 2.14. The lowest BCUT2D eigenvalue weighted by atomic mass is 10.2. The summed E-state index contributed by atoms with van der Waals surface area (Å²) in [6.45, 7) is 4.03. The van der Waals surface area contributed by atoms with Gasteiger partial charge < -0.3 is 5.11 Å². The summed E-state index contributed by atoms with van der Waals surface area (Å²) in [6, 6.07) is 1.83. The summed E-state index contributed by atoms with van der Waals surface area (Å²) in [4.78, 5) is 5.62. The molecule has 4 nitrogen and oxygen atoms in total.